The van der Waals surface area contributed by atoms with Crippen LogP contribution < -0.4 is 0 Å². The van der Waals surface area contributed by atoms with Crippen LogP contribution in [-0.4, -0.2) is 116 Å². The van der Waals surface area contributed by atoms with E-state index in [1.165, 1.54) is 5.57 Å². The topological polar surface area (TPSA) is 179 Å². The summed E-state index contributed by atoms with van der Waals surface area (Å²) in [6.07, 6.45) is -10.3. The van der Waals surface area contributed by atoms with Gasteiger partial charge in [-0.25, -0.2) is 0 Å². The van der Waals surface area contributed by atoms with Crippen molar-refractivity contribution in [1.82, 2.24) is 0 Å². The van der Waals surface area contributed by atoms with Crippen LogP contribution in [0.15, 0.2) is 11.1 Å². The summed E-state index contributed by atoms with van der Waals surface area (Å²) in [6.45, 7) is 7.45. The van der Waals surface area contributed by atoms with Crippen molar-refractivity contribution in [3.05, 3.63) is 11.1 Å². The molecular weight excluding hydrogens is 464 g/mol. The molecule has 11 atom stereocenters. The molecule has 11 heteroatoms. The molecule has 0 saturated carbocycles. The van der Waals surface area contributed by atoms with Crippen LogP contribution in [0.1, 0.15) is 53.4 Å². The van der Waals surface area contributed by atoms with Gasteiger partial charge in [-0.05, 0) is 44.9 Å². The fourth-order valence-corrected chi connectivity index (χ4v) is 5.28. The number of aliphatic hydroxyl groups is 7. The lowest BCUT2D eigenvalue weighted by atomic mass is 9.70. The summed E-state index contributed by atoms with van der Waals surface area (Å²) in [6, 6.07) is 0. The van der Waals surface area contributed by atoms with Crippen molar-refractivity contribution >= 4 is 0 Å². The molecule has 1 aliphatic carbocycles. The van der Waals surface area contributed by atoms with Crippen LogP contribution in [0.4, 0.5) is 0 Å². The molecule has 0 amide bonds. The second kappa shape index (κ2) is 11.8. The van der Waals surface area contributed by atoms with Gasteiger partial charge < -0.3 is 54.7 Å². The lowest BCUT2D eigenvalue weighted by Gasteiger charge is -2.44. The number of hydrogen-bond acceptors (Lipinski definition) is 11. The summed E-state index contributed by atoms with van der Waals surface area (Å²) in [5, 5.41) is 70.4. The van der Waals surface area contributed by atoms with E-state index < -0.39 is 55.3 Å². The van der Waals surface area contributed by atoms with Gasteiger partial charge in [0.1, 0.15) is 42.7 Å². The molecule has 0 bridgehead atoms. The van der Waals surface area contributed by atoms with Crippen LogP contribution in [0, 0.1) is 5.41 Å². The van der Waals surface area contributed by atoms with Crippen LogP contribution in [-0.2, 0) is 18.9 Å². The van der Waals surface area contributed by atoms with E-state index in [4.69, 9.17) is 18.9 Å². The highest BCUT2D eigenvalue weighted by atomic mass is 16.7. The normalized spacial score (nSPS) is 43.3. The highest BCUT2D eigenvalue weighted by molar-refractivity contribution is 5.24. The van der Waals surface area contributed by atoms with Gasteiger partial charge in [-0.2, -0.15) is 0 Å². The van der Waals surface area contributed by atoms with Crippen molar-refractivity contribution in [3.63, 3.8) is 0 Å². The predicted octanol–water partition coefficient (Wildman–Crippen LogP) is -1.07. The molecule has 3 rings (SSSR count). The van der Waals surface area contributed by atoms with Crippen molar-refractivity contribution in [2.45, 2.75) is 121 Å². The van der Waals surface area contributed by atoms with Crippen molar-refractivity contribution in [3.8, 4) is 0 Å². The smallest absolute Gasteiger partial charge is 0.186 e. The first kappa shape index (κ1) is 28.9. The van der Waals surface area contributed by atoms with E-state index in [1.54, 1.807) is 6.92 Å². The van der Waals surface area contributed by atoms with E-state index in [0.717, 1.165) is 12.0 Å². The maximum Gasteiger partial charge on any atom is 0.186 e. The van der Waals surface area contributed by atoms with E-state index in [0.29, 0.717) is 19.3 Å². The zero-order valence-electron chi connectivity index (χ0n) is 20.9. The highest BCUT2D eigenvalue weighted by Gasteiger charge is 2.47. The van der Waals surface area contributed by atoms with E-state index in [1.807, 2.05) is 6.92 Å². The van der Waals surface area contributed by atoms with Crippen molar-refractivity contribution in [2.24, 2.45) is 5.41 Å². The van der Waals surface area contributed by atoms with Gasteiger partial charge in [0, 0.05) is 0 Å². The molecular formula is C24H42O11. The summed E-state index contributed by atoms with van der Waals surface area (Å²) in [5.74, 6) is 0. The number of aliphatic hydroxyl groups excluding tert-OH is 7. The van der Waals surface area contributed by atoms with Crippen molar-refractivity contribution in [2.75, 3.05) is 13.2 Å². The molecule has 2 fully saturated rings. The Kier molecular flexibility index (Phi) is 9.72. The fourth-order valence-electron chi connectivity index (χ4n) is 5.28. The highest BCUT2D eigenvalue weighted by Crippen LogP contribution is 2.44. The zero-order chi connectivity index (χ0) is 26.1. The summed E-state index contributed by atoms with van der Waals surface area (Å²) < 4.78 is 22.5. The molecule has 2 saturated heterocycles. The van der Waals surface area contributed by atoms with Crippen molar-refractivity contribution in [1.29, 1.82) is 0 Å². The van der Waals surface area contributed by atoms with E-state index in [9.17, 15) is 35.7 Å². The van der Waals surface area contributed by atoms with Gasteiger partial charge in [-0.15, -0.1) is 0 Å². The molecule has 0 spiro atoms. The first-order valence-corrected chi connectivity index (χ1v) is 12.3. The van der Waals surface area contributed by atoms with Gasteiger partial charge in [0.25, 0.3) is 0 Å². The third-order valence-electron chi connectivity index (χ3n) is 7.29. The Balaban J connectivity index is 1.62. The standard InChI is InChI=1S/C24H42O11/c1-11-7-13(8-24(3,4)14(11)6-5-12(2)25)34-23-21(31)19(29)18(28)16(35-23)10-33-22-20(30)17(27)15(26)9-32-22/h12-13,15-23,25-31H,5-10H2,1-4H3/t12-,13-,15+,16+,17+,18+,19+,20-,21-,22-,23+/m0/s1. The largest absolute Gasteiger partial charge is 0.393 e. The van der Waals surface area contributed by atoms with Gasteiger partial charge in [0.05, 0.1) is 25.4 Å². The second-order valence-corrected chi connectivity index (χ2v) is 10.8. The average Bonchev–Trinajstić information content (AvgIpc) is 2.77. The van der Waals surface area contributed by atoms with Gasteiger partial charge in [-0.1, -0.05) is 25.0 Å². The Hall–Kier alpha value is -0.700. The van der Waals surface area contributed by atoms with Crippen LogP contribution >= 0.6 is 0 Å². The molecule has 2 aliphatic heterocycles. The Morgan fingerprint density at radius 3 is 2.26 bits per heavy atom. The Morgan fingerprint density at radius 1 is 0.971 bits per heavy atom. The van der Waals surface area contributed by atoms with Crippen LogP contribution in [0.25, 0.3) is 0 Å². The van der Waals surface area contributed by atoms with Gasteiger partial charge in [0.2, 0.25) is 0 Å². The molecule has 3 aliphatic rings. The average molecular weight is 507 g/mol. The molecule has 0 unspecified atom stereocenters. The maximum atomic E-state index is 10.5. The van der Waals surface area contributed by atoms with E-state index in [2.05, 4.69) is 13.8 Å². The van der Waals surface area contributed by atoms with Gasteiger partial charge in [-0.3, -0.25) is 0 Å². The molecule has 2 heterocycles. The first-order chi connectivity index (χ1) is 16.3. The molecule has 35 heavy (non-hydrogen) atoms. The van der Waals surface area contributed by atoms with Crippen LogP contribution in [0.3, 0.4) is 0 Å². The third kappa shape index (κ3) is 6.79. The van der Waals surface area contributed by atoms with Gasteiger partial charge in [0.15, 0.2) is 12.6 Å². The zero-order valence-corrected chi connectivity index (χ0v) is 20.9. The molecule has 11 nitrogen and oxygen atoms in total. The predicted molar refractivity (Wildman–Crippen MR) is 122 cm³/mol. The lowest BCUT2D eigenvalue weighted by Crippen LogP contribution is -2.61. The quantitative estimate of drug-likeness (QED) is 0.199. The molecule has 0 aromatic heterocycles. The van der Waals surface area contributed by atoms with Crippen LogP contribution in [0.5, 0.6) is 0 Å². The number of hydrogen-bond donors (Lipinski definition) is 7. The van der Waals surface area contributed by atoms with E-state index in [-0.39, 0.29) is 30.8 Å². The second-order valence-electron chi connectivity index (χ2n) is 10.8. The maximum absolute atomic E-state index is 10.5. The summed E-state index contributed by atoms with van der Waals surface area (Å²) >= 11 is 0. The minimum Gasteiger partial charge on any atom is -0.393 e. The number of allylic oxidation sites excluding steroid dienone is 1. The number of ether oxygens (including phenoxy) is 4. The van der Waals surface area contributed by atoms with E-state index >= 15 is 0 Å². The minimum atomic E-state index is -1.55. The SMILES string of the molecule is CC1=C(CC[C@H](C)O)C(C)(C)C[C@@H](O[C@@H]2O[C@H](CO[C@@H]3OC[C@@H](O)[C@@H](O)[C@@H]3O)[C@@H](O)[C@@H](O)[C@@H]2O)C1. The Bertz CT molecular complexity index is 726. The molecule has 0 aromatic carbocycles. The fraction of sp³-hybridized carbons (Fsp3) is 0.917. The van der Waals surface area contributed by atoms with Crippen LogP contribution in [0.2, 0.25) is 0 Å². The lowest BCUT2D eigenvalue weighted by molar-refractivity contribution is -0.328. The summed E-state index contributed by atoms with van der Waals surface area (Å²) in [5.41, 5.74) is 2.24. The molecule has 0 radical (unpaired) electrons. The van der Waals surface area contributed by atoms with Gasteiger partial charge >= 0.3 is 0 Å². The molecule has 204 valence electrons. The molecule has 0 aromatic rings. The summed E-state index contributed by atoms with van der Waals surface area (Å²) in [4.78, 5) is 0. The Labute approximate surface area is 205 Å². The summed E-state index contributed by atoms with van der Waals surface area (Å²) in [7, 11) is 0. The number of rotatable bonds is 8. The first-order valence-electron chi connectivity index (χ1n) is 12.3. The van der Waals surface area contributed by atoms with Crippen molar-refractivity contribution < 1.29 is 54.7 Å². The minimum absolute atomic E-state index is 0.192. The Morgan fingerprint density at radius 2 is 1.63 bits per heavy atom. The molecule has 7 N–H and O–H groups in total. The third-order valence-corrected chi connectivity index (χ3v) is 7.29. The monoisotopic (exact) mass is 506 g/mol.